The number of hydrogen-bond donors (Lipinski definition) is 2. The Morgan fingerprint density at radius 2 is 1.59 bits per heavy atom. The molecule has 4 aromatic carbocycles. The highest BCUT2D eigenvalue weighted by molar-refractivity contribution is 7.92. The quantitative estimate of drug-likeness (QED) is 0.257. The van der Waals surface area contributed by atoms with Crippen LogP contribution in [0.4, 0.5) is 5.69 Å². The standard InChI is InChI=1S/C27H22Cl2N2O5S/c1-2-36-27(33)18-8-6-17(7-9-18)16-30-26(32)25-5-3-4-19-12-22(10-11-24(19)25)31-37(34,35)23-14-20(28)13-21(29)15-23/h3-15,31H,2,16H2,1H3,(H,30,32). The molecule has 190 valence electrons. The minimum absolute atomic E-state index is 0.0616. The minimum Gasteiger partial charge on any atom is -0.462 e. The van der Waals surface area contributed by atoms with E-state index >= 15 is 0 Å². The van der Waals surface area contributed by atoms with Crippen LogP contribution >= 0.6 is 23.2 Å². The molecule has 37 heavy (non-hydrogen) atoms. The van der Waals surface area contributed by atoms with Crippen molar-refractivity contribution in [1.29, 1.82) is 0 Å². The third kappa shape index (κ3) is 6.40. The van der Waals surface area contributed by atoms with Crippen LogP contribution in [0.1, 0.15) is 33.2 Å². The number of esters is 1. The summed E-state index contributed by atoms with van der Waals surface area (Å²) in [5.41, 5.74) is 2.02. The largest absolute Gasteiger partial charge is 0.462 e. The Morgan fingerprint density at radius 3 is 2.27 bits per heavy atom. The molecule has 0 spiro atoms. The van der Waals surface area contributed by atoms with Crippen molar-refractivity contribution in [2.24, 2.45) is 0 Å². The molecule has 1 amide bonds. The summed E-state index contributed by atoms with van der Waals surface area (Å²) >= 11 is 11.9. The fourth-order valence-corrected chi connectivity index (χ4v) is 5.47. The van der Waals surface area contributed by atoms with E-state index < -0.39 is 16.0 Å². The lowest BCUT2D eigenvalue weighted by Crippen LogP contribution is -2.23. The third-order valence-electron chi connectivity index (χ3n) is 5.44. The van der Waals surface area contributed by atoms with Gasteiger partial charge >= 0.3 is 5.97 Å². The topological polar surface area (TPSA) is 102 Å². The zero-order chi connectivity index (χ0) is 26.6. The molecule has 4 rings (SSSR count). The Hall–Kier alpha value is -3.59. The van der Waals surface area contributed by atoms with E-state index in [4.69, 9.17) is 27.9 Å². The second-order valence-electron chi connectivity index (χ2n) is 8.05. The van der Waals surface area contributed by atoms with Gasteiger partial charge in [-0.2, -0.15) is 0 Å². The number of ether oxygens (including phenoxy) is 1. The second kappa shape index (κ2) is 11.2. The predicted molar refractivity (Wildman–Crippen MR) is 145 cm³/mol. The summed E-state index contributed by atoms with van der Waals surface area (Å²) in [6.45, 7) is 2.30. The molecule has 0 fully saturated rings. The highest BCUT2D eigenvalue weighted by Gasteiger charge is 2.17. The molecule has 10 heteroatoms. The Bertz CT molecular complexity index is 1570. The van der Waals surface area contributed by atoms with Gasteiger partial charge in [0.05, 0.1) is 17.1 Å². The van der Waals surface area contributed by atoms with Crippen molar-refractivity contribution in [3.05, 3.63) is 106 Å². The van der Waals surface area contributed by atoms with Crippen LogP contribution < -0.4 is 10.0 Å². The molecular formula is C27H22Cl2N2O5S. The average Bonchev–Trinajstić information content (AvgIpc) is 2.86. The number of amides is 1. The van der Waals surface area contributed by atoms with Gasteiger partial charge in [0.15, 0.2) is 0 Å². The van der Waals surface area contributed by atoms with E-state index in [0.717, 1.165) is 5.56 Å². The fraction of sp³-hybridized carbons (Fsp3) is 0.111. The smallest absolute Gasteiger partial charge is 0.338 e. The van der Waals surface area contributed by atoms with Crippen LogP contribution in [-0.4, -0.2) is 26.9 Å². The molecule has 0 radical (unpaired) electrons. The van der Waals surface area contributed by atoms with Crippen LogP contribution in [0.2, 0.25) is 10.0 Å². The van der Waals surface area contributed by atoms with Crippen molar-refractivity contribution in [2.45, 2.75) is 18.4 Å². The van der Waals surface area contributed by atoms with Crippen molar-refractivity contribution in [2.75, 3.05) is 11.3 Å². The van der Waals surface area contributed by atoms with E-state index in [9.17, 15) is 18.0 Å². The molecule has 0 saturated carbocycles. The van der Waals surface area contributed by atoms with E-state index in [-0.39, 0.29) is 27.4 Å². The first kappa shape index (κ1) is 26.5. The van der Waals surface area contributed by atoms with Gasteiger partial charge in [0, 0.05) is 27.8 Å². The number of carbonyl (C=O) groups is 2. The number of halogens is 2. The van der Waals surface area contributed by atoms with E-state index in [1.54, 1.807) is 67.6 Å². The van der Waals surface area contributed by atoms with Gasteiger partial charge in [0.1, 0.15) is 0 Å². The molecule has 0 atom stereocenters. The summed E-state index contributed by atoms with van der Waals surface area (Å²) in [5.74, 6) is -0.686. The zero-order valence-electron chi connectivity index (χ0n) is 19.6. The maximum absolute atomic E-state index is 12.9. The molecule has 4 aromatic rings. The number of fused-ring (bicyclic) bond motifs is 1. The van der Waals surface area contributed by atoms with Crippen molar-refractivity contribution < 1.29 is 22.7 Å². The molecule has 0 saturated heterocycles. The van der Waals surface area contributed by atoms with Gasteiger partial charge in [0.25, 0.3) is 15.9 Å². The fourth-order valence-electron chi connectivity index (χ4n) is 3.69. The van der Waals surface area contributed by atoms with Gasteiger partial charge in [-0.1, -0.05) is 53.5 Å². The number of nitrogens with one attached hydrogen (secondary N) is 2. The number of rotatable bonds is 8. The lowest BCUT2D eigenvalue weighted by Gasteiger charge is -2.12. The van der Waals surface area contributed by atoms with E-state index in [1.807, 2.05) is 0 Å². The first-order chi connectivity index (χ1) is 17.7. The summed E-state index contributed by atoms with van der Waals surface area (Å²) in [6, 6.07) is 21.0. The first-order valence-corrected chi connectivity index (χ1v) is 13.5. The molecule has 0 heterocycles. The molecule has 0 unspecified atom stereocenters. The number of sulfonamides is 1. The van der Waals surface area contributed by atoms with Gasteiger partial charge in [0.2, 0.25) is 0 Å². The average molecular weight is 557 g/mol. The van der Waals surface area contributed by atoms with E-state index in [0.29, 0.717) is 34.2 Å². The van der Waals surface area contributed by atoms with Gasteiger partial charge < -0.3 is 10.1 Å². The van der Waals surface area contributed by atoms with E-state index in [2.05, 4.69) is 10.0 Å². The van der Waals surface area contributed by atoms with Gasteiger partial charge in [-0.15, -0.1) is 0 Å². The SMILES string of the molecule is CCOC(=O)c1ccc(CNC(=O)c2cccc3cc(NS(=O)(=O)c4cc(Cl)cc(Cl)c4)ccc23)cc1. The van der Waals surface area contributed by atoms with Gasteiger partial charge in [-0.25, -0.2) is 13.2 Å². The van der Waals surface area contributed by atoms with E-state index in [1.165, 1.54) is 18.2 Å². The molecule has 0 aliphatic heterocycles. The Morgan fingerprint density at radius 1 is 0.892 bits per heavy atom. The van der Waals surface area contributed by atoms with Crippen LogP contribution in [0.15, 0.2) is 83.8 Å². The third-order valence-corrected chi connectivity index (χ3v) is 7.24. The maximum atomic E-state index is 12.9. The number of anilines is 1. The number of benzene rings is 4. The van der Waals surface area contributed by atoms with Crippen molar-refractivity contribution >= 4 is 61.6 Å². The highest BCUT2D eigenvalue weighted by Crippen LogP contribution is 2.27. The summed E-state index contributed by atoms with van der Waals surface area (Å²) < 4.78 is 33.1. The number of hydrogen-bond acceptors (Lipinski definition) is 5. The maximum Gasteiger partial charge on any atom is 0.338 e. The zero-order valence-corrected chi connectivity index (χ0v) is 22.0. The first-order valence-electron chi connectivity index (χ1n) is 11.2. The summed E-state index contributed by atoms with van der Waals surface area (Å²) in [5, 5.41) is 4.62. The van der Waals surface area contributed by atoms with Crippen molar-refractivity contribution in [1.82, 2.24) is 5.32 Å². The van der Waals surface area contributed by atoms with Crippen molar-refractivity contribution in [3.63, 3.8) is 0 Å². The van der Waals surface area contributed by atoms with Crippen LogP contribution in [0.3, 0.4) is 0 Å². The second-order valence-corrected chi connectivity index (χ2v) is 10.6. The summed E-state index contributed by atoms with van der Waals surface area (Å²) in [4.78, 5) is 24.7. The molecule has 7 nitrogen and oxygen atoms in total. The minimum atomic E-state index is -3.93. The Balaban J connectivity index is 1.49. The summed E-state index contributed by atoms with van der Waals surface area (Å²) in [7, 11) is -3.93. The normalized spacial score (nSPS) is 11.2. The molecule has 2 N–H and O–H groups in total. The highest BCUT2D eigenvalue weighted by atomic mass is 35.5. The van der Waals surface area contributed by atoms with Gasteiger partial charge in [-0.05, 0) is 71.8 Å². The number of carbonyl (C=O) groups excluding carboxylic acids is 2. The van der Waals surface area contributed by atoms with Crippen LogP contribution in [0.25, 0.3) is 10.8 Å². The molecule has 0 aromatic heterocycles. The predicted octanol–water partition coefficient (Wildman–Crippen LogP) is 6.05. The molecule has 0 bridgehead atoms. The lowest BCUT2D eigenvalue weighted by molar-refractivity contribution is 0.0526. The van der Waals surface area contributed by atoms with Crippen LogP contribution in [-0.2, 0) is 21.3 Å². The Kier molecular flexibility index (Phi) is 8.02. The molecule has 0 aliphatic rings. The molecular weight excluding hydrogens is 535 g/mol. The molecule has 0 aliphatic carbocycles. The monoisotopic (exact) mass is 556 g/mol. The van der Waals surface area contributed by atoms with Crippen LogP contribution in [0, 0.1) is 0 Å². The lowest BCUT2D eigenvalue weighted by atomic mass is 10.0. The van der Waals surface area contributed by atoms with Gasteiger partial charge in [-0.3, -0.25) is 9.52 Å². The van der Waals surface area contributed by atoms with Crippen molar-refractivity contribution in [3.8, 4) is 0 Å². The van der Waals surface area contributed by atoms with Crippen LogP contribution in [0.5, 0.6) is 0 Å². The Labute approximate surface area is 224 Å². The summed E-state index contributed by atoms with van der Waals surface area (Å²) in [6.07, 6.45) is 0.